The van der Waals surface area contributed by atoms with Gasteiger partial charge in [0, 0.05) is 30.9 Å². The van der Waals surface area contributed by atoms with Crippen LogP contribution in [0.1, 0.15) is 18.5 Å². The Hall–Kier alpha value is -1.93. The number of thiazole rings is 1. The van der Waals surface area contributed by atoms with Gasteiger partial charge < -0.3 is 14.8 Å². The molecule has 0 saturated carbocycles. The van der Waals surface area contributed by atoms with Crippen molar-refractivity contribution < 1.29 is 19.1 Å². The van der Waals surface area contributed by atoms with E-state index < -0.39 is 5.97 Å². The molecule has 1 saturated heterocycles. The van der Waals surface area contributed by atoms with Gasteiger partial charge in [-0.1, -0.05) is 0 Å². The van der Waals surface area contributed by atoms with Gasteiger partial charge in [0.1, 0.15) is 0 Å². The normalized spacial score (nSPS) is 17.7. The number of carbonyl (C=O) groups excluding carboxylic acids is 2. The van der Waals surface area contributed by atoms with Crippen molar-refractivity contribution in [2.24, 2.45) is 0 Å². The van der Waals surface area contributed by atoms with E-state index in [4.69, 9.17) is 9.47 Å². The summed E-state index contributed by atoms with van der Waals surface area (Å²) in [6.07, 6.45) is 5.78. The van der Waals surface area contributed by atoms with Crippen molar-refractivity contribution in [1.29, 1.82) is 0 Å². The highest BCUT2D eigenvalue weighted by Gasteiger charge is 2.17. The number of fused-ring (bicyclic) bond motifs is 1. The van der Waals surface area contributed by atoms with Crippen molar-refractivity contribution >= 4 is 28.2 Å². The van der Waals surface area contributed by atoms with Crippen molar-refractivity contribution in [3.63, 3.8) is 0 Å². The van der Waals surface area contributed by atoms with Gasteiger partial charge in [0.05, 0.1) is 18.2 Å². The monoisotopic (exact) mass is 323 g/mol. The Bertz CT molecular complexity index is 631. The lowest BCUT2D eigenvalue weighted by molar-refractivity contribution is -0.148. The first-order chi connectivity index (χ1) is 10.7. The van der Waals surface area contributed by atoms with E-state index in [1.807, 2.05) is 16.0 Å². The zero-order valence-corrected chi connectivity index (χ0v) is 12.8. The second-order valence-electron chi connectivity index (χ2n) is 5.10. The number of carbonyl (C=O) groups is 2. The van der Waals surface area contributed by atoms with Crippen LogP contribution in [0.5, 0.6) is 0 Å². The highest BCUT2D eigenvalue weighted by atomic mass is 32.1. The van der Waals surface area contributed by atoms with Crippen molar-refractivity contribution in [3.8, 4) is 0 Å². The third kappa shape index (κ3) is 3.83. The van der Waals surface area contributed by atoms with Crippen LogP contribution in [0.15, 0.2) is 17.8 Å². The lowest BCUT2D eigenvalue weighted by Crippen LogP contribution is -2.35. The van der Waals surface area contributed by atoms with Gasteiger partial charge >= 0.3 is 5.97 Å². The number of hydrogen-bond acceptors (Lipinski definition) is 6. The van der Waals surface area contributed by atoms with Crippen LogP contribution in [0.3, 0.4) is 0 Å². The fourth-order valence-corrected chi connectivity index (χ4v) is 3.01. The first kappa shape index (κ1) is 15.0. The number of aromatic nitrogens is 2. The van der Waals surface area contributed by atoms with Gasteiger partial charge in [-0.25, -0.2) is 4.98 Å². The molecule has 1 unspecified atom stereocenters. The van der Waals surface area contributed by atoms with Gasteiger partial charge in [-0.15, -0.1) is 11.3 Å². The van der Waals surface area contributed by atoms with Crippen molar-refractivity contribution in [1.82, 2.24) is 14.7 Å². The van der Waals surface area contributed by atoms with E-state index in [2.05, 4.69) is 10.3 Å². The van der Waals surface area contributed by atoms with Crippen molar-refractivity contribution in [3.05, 3.63) is 23.5 Å². The Morgan fingerprint density at radius 1 is 1.55 bits per heavy atom. The van der Waals surface area contributed by atoms with E-state index in [9.17, 15) is 9.59 Å². The minimum absolute atomic E-state index is 0.0629. The number of nitrogens with one attached hydrogen (secondary N) is 1. The molecule has 1 fully saturated rings. The van der Waals surface area contributed by atoms with E-state index in [-0.39, 0.29) is 25.0 Å². The van der Waals surface area contributed by atoms with E-state index in [0.29, 0.717) is 12.2 Å². The maximum absolute atomic E-state index is 11.7. The van der Waals surface area contributed by atoms with Gasteiger partial charge in [0.2, 0.25) is 0 Å². The molecule has 3 heterocycles. The number of nitrogens with zero attached hydrogens (tertiary/aromatic N) is 2. The fourth-order valence-electron chi connectivity index (χ4n) is 2.29. The smallest absolute Gasteiger partial charge is 0.312 e. The van der Waals surface area contributed by atoms with Gasteiger partial charge in [-0.05, 0) is 12.8 Å². The molecule has 0 spiro atoms. The number of esters is 1. The van der Waals surface area contributed by atoms with Gasteiger partial charge in [0.15, 0.2) is 11.6 Å². The summed E-state index contributed by atoms with van der Waals surface area (Å²) in [5.74, 6) is -0.771. The summed E-state index contributed by atoms with van der Waals surface area (Å²) in [5, 5.41) is 4.62. The van der Waals surface area contributed by atoms with Crippen LogP contribution < -0.4 is 5.32 Å². The maximum atomic E-state index is 11.7. The Labute approximate surface area is 131 Å². The zero-order valence-electron chi connectivity index (χ0n) is 12.0. The molecular formula is C14H17N3O4S. The molecule has 0 bridgehead atoms. The molecule has 1 aliphatic rings. The standard InChI is InChI=1S/C14H17N3O4S/c18-12(15-7-11-2-1-4-20-11)9-21-13(19)6-10-8-17-3-5-22-14(17)16-10/h3,5,8,11H,1-2,4,6-7,9H2,(H,15,18). The molecular weight excluding hydrogens is 306 g/mol. The quantitative estimate of drug-likeness (QED) is 0.794. The molecule has 1 amide bonds. The van der Waals surface area contributed by atoms with Crippen LogP contribution >= 0.6 is 11.3 Å². The minimum Gasteiger partial charge on any atom is -0.455 e. The lowest BCUT2D eigenvalue weighted by Gasteiger charge is -2.10. The molecule has 1 N–H and O–H groups in total. The third-order valence-corrected chi connectivity index (χ3v) is 4.15. The zero-order chi connectivity index (χ0) is 15.4. The molecule has 118 valence electrons. The van der Waals surface area contributed by atoms with E-state index in [1.165, 1.54) is 11.3 Å². The highest BCUT2D eigenvalue weighted by molar-refractivity contribution is 7.15. The van der Waals surface area contributed by atoms with Crippen LogP contribution in [-0.2, 0) is 25.5 Å². The molecule has 1 atom stereocenters. The summed E-state index contributed by atoms with van der Waals surface area (Å²) in [6.45, 7) is 0.944. The Morgan fingerprint density at radius 2 is 2.45 bits per heavy atom. The molecule has 22 heavy (non-hydrogen) atoms. The lowest BCUT2D eigenvalue weighted by atomic mass is 10.2. The van der Waals surface area contributed by atoms with Gasteiger partial charge in [-0.2, -0.15) is 0 Å². The molecule has 7 nitrogen and oxygen atoms in total. The molecule has 2 aromatic heterocycles. The van der Waals surface area contributed by atoms with Crippen LogP contribution in [0.2, 0.25) is 0 Å². The number of rotatable bonds is 6. The van der Waals surface area contributed by atoms with E-state index in [1.54, 1.807) is 6.20 Å². The molecule has 2 aromatic rings. The summed E-state index contributed by atoms with van der Waals surface area (Å²) < 4.78 is 12.2. The third-order valence-electron chi connectivity index (χ3n) is 3.38. The molecule has 8 heteroatoms. The Morgan fingerprint density at radius 3 is 3.23 bits per heavy atom. The molecule has 0 aromatic carbocycles. The number of amides is 1. The SMILES string of the molecule is O=C(COC(=O)Cc1cn2ccsc2n1)NCC1CCCO1. The predicted molar refractivity (Wildman–Crippen MR) is 79.7 cm³/mol. The topological polar surface area (TPSA) is 81.9 Å². The highest BCUT2D eigenvalue weighted by Crippen LogP contribution is 2.12. The second-order valence-corrected chi connectivity index (χ2v) is 5.97. The first-order valence-corrected chi connectivity index (χ1v) is 8.03. The number of imidazole rings is 1. The van der Waals surface area contributed by atoms with Crippen LogP contribution in [0, 0.1) is 0 Å². The summed E-state index contributed by atoms with van der Waals surface area (Å²) in [7, 11) is 0. The van der Waals surface area contributed by atoms with Crippen molar-refractivity contribution in [2.75, 3.05) is 19.8 Å². The molecule has 3 rings (SSSR count). The average molecular weight is 323 g/mol. The number of ether oxygens (including phenoxy) is 2. The summed E-state index contributed by atoms with van der Waals surface area (Å²) in [4.78, 5) is 28.4. The average Bonchev–Trinajstić information content (AvgIpc) is 3.19. The van der Waals surface area contributed by atoms with Crippen molar-refractivity contribution in [2.45, 2.75) is 25.4 Å². The summed E-state index contributed by atoms with van der Waals surface area (Å²) >= 11 is 1.50. The molecule has 0 radical (unpaired) electrons. The first-order valence-electron chi connectivity index (χ1n) is 7.16. The van der Waals surface area contributed by atoms with Crippen LogP contribution in [0.25, 0.3) is 4.96 Å². The van der Waals surface area contributed by atoms with Gasteiger partial charge in [-0.3, -0.25) is 14.0 Å². The Balaban J connectivity index is 1.38. The van der Waals surface area contributed by atoms with Crippen LogP contribution in [-0.4, -0.2) is 47.1 Å². The largest absolute Gasteiger partial charge is 0.455 e. The minimum atomic E-state index is -0.460. The van der Waals surface area contributed by atoms with E-state index >= 15 is 0 Å². The summed E-state index contributed by atoms with van der Waals surface area (Å²) in [6, 6.07) is 0. The molecule has 1 aliphatic heterocycles. The van der Waals surface area contributed by atoms with Gasteiger partial charge in [0.25, 0.3) is 5.91 Å². The molecule has 0 aliphatic carbocycles. The Kier molecular flexibility index (Phi) is 4.69. The predicted octanol–water partition coefficient (Wildman–Crippen LogP) is 0.777. The van der Waals surface area contributed by atoms with E-state index in [0.717, 1.165) is 24.4 Å². The fraction of sp³-hybridized carbons (Fsp3) is 0.500. The van der Waals surface area contributed by atoms with Crippen LogP contribution in [0.4, 0.5) is 0 Å². The number of hydrogen-bond donors (Lipinski definition) is 1. The second kappa shape index (κ2) is 6.89. The summed E-state index contributed by atoms with van der Waals surface area (Å²) in [5.41, 5.74) is 0.636. The maximum Gasteiger partial charge on any atom is 0.312 e.